The first-order chi connectivity index (χ1) is 6.31. The average Bonchev–Trinajstić information content (AvgIpc) is 2.63. The van der Waals surface area contributed by atoms with Gasteiger partial charge >= 0.3 is 5.91 Å². The van der Waals surface area contributed by atoms with E-state index in [-0.39, 0.29) is 0 Å². The van der Waals surface area contributed by atoms with E-state index in [9.17, 15) is 9.70 Å². The second-order valence-corrected chi connectivity index (χ2v) is 2.68. The standard InChI is InChI=1S/C9H6N2O2/c12-9(11-13)7-1-2-8-6(5-7)3-4-10-8/h1-5,10H. The number of fused-ring (bicyclic) bond motifs is 1. The highest BCUT2D eigenvalue weighted by Crippen LogP contribution is 2.14. The van der Waals surface area contributed by atoms with Crippen LogP contribution < -0.4 is 0 Å². The van der Waals surface area contributed by atoms with Crippen molar-refractivity contribution in [1.82, 2.24) is 4.98 Å². The maximum Gasteiger partial charge on any atom is 0.316 e. The number of carbonyl (C=O) groups excluding carboxylic acids is 1. The van der Waals surface area contributed by atoms with Crippen LogP contribution in [-0.4, -0.2) is 10.9 Å². The predicted molar refractivity (Wildman–Crippen MR) is 48.4 cm³/mol. The van der Waals surface area contributed by atoms with Gasteiger partial charge in [-0.05, 0) is 24.3 Å². The van der Waals surface area contributed by atoms with E-state index in [0.29, 0.717) is 5.56 Å². The lowest BCUT2D eigenvalue weighted by atomic mass is 10.1. The van der Waals surface area contributed by atoms with Crippen LogP contribution in [0, 0.1) is 4.91 Å². The van der Waals surface area contributed by atoms with Gasteiger partial charge in [0.1, 0.15) is 0 Å². The molecule has 0 aliphatic carbocycles. The largest absolute Gasteiger partial charge is 0.361 e. The van der Waals surface area contributed by atoms with Crippen molar-refractivity contribution < 1.29 is 4.79 Å². The number of rotatable bonds is 1. The van der Waals surface area contributed by atoms with Gasteiger partial charge in [-0.2, -0.15) is 0 Å². The Morgan fingerprint density at radius 1 is 1.31 bits per heavy atom. The summed E-state index contributed by atoms with van der Waals surface area (Å²) in [7, 11) is 0. The molecule has 0 radical (unpaired) electrons. The van der Waals surface area contributed by atoms with Crippen molar-refractivity contribution in [3.05, 3.63) is 40.9 Å². The molecule has 2 rings (SSSR count). The molecule has 13 heavy (non-hydrogen) atoms. The number of aromatic amines is 1. The first kappa shape index (κ1) is 7.67. The number of hydrogen-bond donors (Lipinski definition) is 1. The SMILES string of the molecule is O=NC(=O)c1ccc2[nH]ccc2c1. The number of nitrogens with one attached hydrogen (secondary N) is 1. The molecule has 1 N–H and O–H groups in total. The monoisotopic (exact) mass is 174 g/mol. The Hall–Kier alpha value is -1.97. The average molecular weight is 174 g/mol. The Morgan fingerprint density at radius 2 is 2.15 bits per heavy atom. The minimum atomic E-state index is -0.733. The van der Waals surface area contributed by atoms with Crippen molar-refractivity contribution in [3.8, 4) is 0 Å². The molecule has 0 spiro atoms. The van der Waals surface area contributed by atoms with Gasteiger partial charge in [-0.25, -0.2) is 0 Å². The molecule has 1 amide bonds. The summed E-state index contributed by atoms with van der Waals surface area (Å²) in [6, 6.07) is 6.78. The number of carbonyl (C=O) groups is 1. The van der Waals surface area contributed by atoms with Gasteiger partial charge in [-0.1, -0.05) is 0 Å². The number of amides is 1. The molecule has 0 bridgehead atoms. The molecule has 2 aromatic rings. The zero-order chi connectivity index (χ0) is 9.26. The fourth-order valence-corrected chi connectivity index (χ4v) is 1.24. The van der Waals surface area contributed by atoms with Crippen LogP contribution in [0.5, 0.6) is 0 Å². The van der Waals surface area contributed by atoms with Gasteiger partial charge in [0.25, 0.3) is 0 Å². The van der Waals surface area contributed by atoms with E-state index in [1.807, 2.05) is 6.07 Å². The fraction of sp³-hybridized carbons (Fsp3) is 0. The van der Waals surface area contributed by atoms with Crippen LogP contribution in [0.15, 0.2) is 35.6 Å². The molecular weight excluding hydrogens is 168 g/mol. The van der Waals surface area contributed by atoms with E-state index in [1.54, 1.807) is 24.4 Å². The topological polar surface area (TPSA) is 62.3 Å². The van der Waals surface area contributed by atoms with Gasteiger partial charge in [0.05, 0.1) is 0 Å². The number of H-pyrrole nitrogens is 1. The van der Waals surface area contributed by atoms with E-state index in [1.165, 1.54) is 0 Å². The smallest absolute Gasteiger partial charge is 0.316 e. The van der Waals surface area contributed by atoms with Crippen LogP contribution >= 0.6 is 0 Å². The zero-order valence-electron chi connectivity index (χ0n) is 6.65. The Kier molecular flexibility index (Phi) is 1.66. The van der Waals surface area contributed by atoms with Crippen molar-refractivity contribution in [2.45, 2.75) is 0 Å². The quantitative estimate of drug-likeness (QED) is 0.672. The van der Waals surface area contributed by atoms with Crippen LogP contribution in [-0.2, 0) is 0 Å². The number of benzene rings is 1. The van der Waals surface area contributed by atoms with E-state index in [4.69, 9.17) is 0 Å². The Labute approximate surface area is 73.5 Å². The first-order valence-corrected chi connectivity index (χ1v) is 3.76. The zero-order valence-corrected chi connectivity index (χ0v) is 6.65. The Bertz CT molecular complexity index is 473. The molecule has 0 atom stereocenters. The molecular formula is C9H6N2O2. The first-order valence-electron chi connectivity index (χ1n) is 3.76. The van der Waals surface area contributed by atoms with Gasteiger partial charge in [-0.3, -0.25) is 4.79 Å². The molecule has 0 fully saturated rings. The summed E-state index contributed by atoms with van der Waals surface area (Å²) in [5.74, 6) is -0.733. The second kappa shape index (κ2) is 2.82. The number of nitroso groups, excluding NO2 is 1. The van der Waals surface area contributed by atoms with Gasteiger partial charge in [0.2, 0.25) is 0 Å². The lowest BCUT2D eigenvalue weighted by Crippen LogP contribution is -1.91. The van der Waals surface area contributed by atoms with Gasteiger partial charge in [-0.15, -0.1) is 4.91 Å². The van der Waals surface area contributed by atoms with Crippen LogP contribution in [0.4, 0.5) is 0 Å². The second-order valence-electron chi connectivity index (χ2n) is 2.68. The third-order valence-corrected chi connectivity index (χ3v) is 1.88. The Balaban J connectivity index is 2.60. The summed E-state index contributed by atoms with van der Waals surface area (Å²) in [5, 5.41) is 3.25. The molecule has 0 unspecified atom stereocenters. The highest BCUT2D eigenvalue weighted by atomic mass is 16.3. The fourth-order valence-electron chi connectivity index (χ4n) is 1.24. The summed E-state index contributed by atoms with van der Waals surface area (Å²) in [6.45, 7) is 0. The molecule has 1 aromatic carbocycles. The van der Waals surface area contributed by atoms with Crippen LogP contribution in [0.3, 0.4) is 0 Å². The van der Waals surface area contributed by atoms with Crippen molar-refractivity contribution in [2.75, 3.05) is 0 Å². The van der Waals surface area contributed by atoms with Crippen LogP contribution in [0.1, 0.15) is 10.4 Å². The molecule has 0 aliphatic heterocycles. The predicted octanol–water partition coefficient (Wildman–Crippen LogP) is 2.07. The molecule has 4 heteroatoms. The van der Waals surface area contributed by atoms with Gasteiger partial charge in [0.15, 0.2) is 0 Å². The van der Waals surface area contributed by atoms with E-state index < -0.39 is 5.91 Å². The number of aromatic nitrogens is 1. The molecule has 0 aliphatic rings. The third-order valence-electron chi connectivity index (χ3n) is 1.88. The highest BCUT2D eigenvalue weighted by Gasteiger charge is 2.05. The third kappa shape index (κ3) is 1.22. The van der Waals surface area contributed by atoms with Crippen LogP contribution in [0.25, 0.3) is 10.9 Å². The molecule has 1 aromatic heterocycles. The van der Waals surface area contributed by atoms with Crippen molar-refractivity contribution in [2.24, 2.45) is 5.18 Å². The van der Waals surface area contributed by atoms with Gasteiger partial charge in [0, 0.05) is 27.8 Å². The summed E-state index contributed by atoms with van der Waals surface area (Å²) >= 11 is 0. The normalized spacial score (nSPS) is 10.2. The minimum absolute atomic E-state index is 0.321. The molecule has 64 valence electrons. The maximum absolute atomic E-state index is 10.9. The number of hydrogen-bond acceptors (Lipinski definition) is 2. The molecule has 4 nitrogen and oxygen atoms in total. The number of nitrogens with zero attached hydrogens (tertiary/aromatic N) is 1. The highest BCUT2D eigenvalue weighted by molar-refractivity contribution is 5.98. The maximum atomic E-state index is 10.9. The summed E-state index contributed by atoms with van der Waals surface area (Å²) in [5.41, 5.74) is 1.25. The Morgan fingerprint density at radius 3 is 2.92 bits per heavy atom. The lowest BCUT2D eigenvalue weighted by molar-refractivity contribution is 0.100. The summed E-state index contributed by atoms with van der Waals surface area (Å²) in [4.78, 5) is 23.8. The van der Waals surface area contributed by atoms with Crippen molar-refractivity contribution in [3.63, 3.8) is 0 Å². The summed E-state index contributed by atoms with van der Waals surface area (Å²) < 4.78 is 0. The molecule has 1 heterocycles. The summed E-state index contributed by atoms with van der Waals surface area (Å²) in [6.07, 6.45) is 1.77. The van der Waals surface area contributed by atoms with Crippen molar-refractivity contribution in [1.29, 1.82) is 0 Å². The minimum Gasteiger partial charge on any atom is -0.361 e. The van der Waals surface area contributed by atoms with E-state index >= 15 is 0 Å². The molecule has 0 saturated heterocycles. The van der Waals surface area contributed by atoms with Crippen LogP contribution in [0.2, 0.25) is 0 Å². The molecule has 0 saturated carbocycles. The van der Waals surface area contributed by atoms with Gasteiger partial charge < -0.3 is 4.98 Å². The van der Waals surface area contributed by atoms with Crippen molar-refractivity contribution >= 4 is 16.8 Å². The van der Waals surface area contributed by atoms with E-state index in [2.05, 4.69) is 10.2 Å². The van der Waals surface area contributed by atoms with E-state index in [0.717, 1.165) is 10.9 Å². The lowest BCUT2D eigenvalue weighted by Gasteiger charge is -1.92.